The minimum atomic E-state index is -1.98. The fourth-order valence-corrected chi connectivity index (χ4v) is 5.17. The first-order chi connectivity index (χ1) is 5.73. The molecular formula is C8H17BrO2Si. The Morgan fingerprint density at radius 2 is 1.58 bits per heavy atom. The van der Waals surface area contributed by atoms with Crippen molar-refractivity contribution >= 4 is 22.5 Å². The van der Waals surface area contributed by atoms with Crippen molar-refractivity contribution in [2.75, 3.05) is 14.2 Å². The second kappa shape index (κ2) is 4.74. The number of rotatable bonds is 3. The summed E-state index contributed by atoms with van der Waals surface area (Å²) in [5.74, 6) is 0. The van der Waals surface area contributed by atoms with E-state index in [4.69, 9.17) is 8.85 Å². The Bertz CT molecular complexity index is 133. The van der Waals surface area contributed by atoms with E-state index in [-0.39, 0.29) is 0 Å². The van der Waals surface area contributed by atoms with Crippen LogP contribution < -0.4 is 0 Å². The molecule has 0 bridgehead atoms. The maximum atomic E-state index is 5.46. The van der Waals surface area contributed by atoms with Crippen LogP contribution >= 0.6 is 15.3 Å². The second-order valence-corrected chi connectivity index (χ2v) is 9.44. The zero-order chi connectivity index (χ0) is 9.03. The summed E-state index contributed by atoms with van der Waals surface area (Å²) in [5.41, 5.74) is 0.640. The molecule has 0 radical (unpaired) electrons. The van der Waals surface area contributed by atoms with Crippen molar-refractivity contribution in [2.45, 2.75) is 37.6 Å². The highest BCUT2D eigenvalue weighted by Gasteiger charge is 2.42. The van der Waals surface area contributed by atoms with Gasteiger partial charge in [-0.15, -0.1) is 0 Å². The van der Waals surface area contributed by atoms with Crippen molar-refractivity contribution in [1.82, 2.24) is 0 Å². The fourth-order valence-electron chi connectivity index (χ4n) is 1.86. The molecule has 0 spiro atoms. The van der Waals surface area contributed by atoms with Gasteiger partial charge in [-0.05, 0) is 12.8 Å². The molecular weight excluding hydrogens is 236 g/mol. The molecule has 0 atom stereocenters. The standard InChI is InChI=1S/C8H17BrO2Si/c1-10-12(9,11-2)8-6-4-3-5-7-8/h8H,3-7H2,1-2H3. The third kappa shape index (κ3) is 2.31. The van der Waals surface area contributed by atoms with E-state index in [1.165, 1.54) is 32.1 Å². The average molecular weight is 253 g/mol. The van der Waals surface area contributed by atoms with Crippen molar-refractivity contribution in [3.63, 3.8) is 0 Å². The molecule has 0 amide bonds. The molecule has 0 aromatic heterocycles. The molecule has 0 aliphatic heterocycles. The summed E-state index contributed by atoms with van der Waals surface area (Å²) in [7, 11) is 1.51. The molecule has 72 valence electrons. The van der Waals surface area contributed by atoms with E-state index >= 15 is 0 Å². The first kappa shape index (κ1) is 10.7. The Morgan fingerprint density at radius 3 is 2.00 bits per heavy atom. The number of hydrogen-bond acceptors (Lipinski definition) is 2. The molecule has 0 saturated heterocycles. The van der Waals surface area contributed by atoms with Crippen molar-refractivity contribution in [1.29, 1.82) is 0 Å². The minimum absolute atomic E-state index is 0.640. The summed E-state index contributed by atoms with van der Waals surface area (Å²) in [6.45, 7) is 0. The van der Waals surface area contributed by atoms with Crippen LogP contribution in [-0.4, -0.2) is 21.4 Å². The van der Waals surface area contributed by atoms with E-state index in [1.54, 1.807) is 14.2 Å². The predicted molar refractivity (Wildman–Crippen MR) is 55.5 cm³/mol. The van der Waals surface area contributed by atoms with Gasteiger partial charge >= 0.3 is 7.18 Å². The monoisotopic (exact) mass is 252 g/mol. The van der Waals surface area contributed by atoms with E-state index in [0.717, 1.165) is 0 Å². The quantitative estimate of drug-likeness (QED) is 0.568. The third-order valence-corrected chi connectivity index (χ3v) is 9.20. The number of halogens is 1. The molecule has 1 aliphatic rings. The van der Waals surface area contributed by atoms with Crippen LogP contribution in [0.25, 0.3) is 0 Å². The van der Waals surface area contributed by atoms with Crippen LogP contribution in [0.5, 0.6) is 0 Å². The van der Waals surface area contributed by atoms with Gasteiger partial charge in [-0.3, -0.25) is 0 Å². The first-order valence-electron chi connectivity index (χ1n) is 4.52. The summed E-state index contributed by atoms with van der Waals surface area (Å²) < 4.78 is 10.9. The largest absolute Gasteiger partial charge is 0.416 e. The van der Waals surface area contributed by atoms with Gasteiger partial charge in [0.15, 0.2) is 0 Å². The molecule has 1 fully saturated rings. The molecule has 0 unspecified atom stereocenters. The molecule has 1 saturated carbocycles. The van der Waals surface area contributed by atoms with Gasteiger partial charge in [-0.25, -0.2) is 0 Å². The molecule has 0 aromatic rings. The van der Waals surface area contributed by atoms with Gasteiger partial charge in [0.25, 0.3) is 0 Å². The lowest BCUT2D eigenvalue weighted by atomic mass is 10.0. The van der Waals surface area contributed by atoms with Crippen molar-refractivity contribution in [3.05, 3.63) is 0 Å². The van der Waals surface area contributed by atoms with Crippen LogP contribution in [0.2, 0.25) is 5.54 Å². The molecule has 4 heteroatoms. The Labute approximate surface area is 83.5 Å². The van der Waals surface area contributed by atoms with Gasteiger partial charge in [-0.2, -0.15) is 0 Å². The topological polar surface area (TPSA) is 18.5 Å². The van der Waals surface area contributed by atoms with E-state index in [1.807, 2.05) is 0 Å². The molecule has 0 heterocycles. The lowest BCUT2D eigenvalue weighted by Crippen LogP contribution is -2.39. The SMILES string of the molecule is CO[Si](Br)(OC)C1CCCCC1. The summed E-state index contributed by atoms with van der Waals surface area (Å²) in [6.07, 6.45) is 6.56. The van der Waals surface area contributed by atoms with E-state index in [2.05, 4.69) is 15.3 Å². The normalized spacial score (nSPS) is 21.2. The van der Waals surface area contributed by atoms with Crippen LogP contribution in [0.3, 0.4) is 0 Å². The fraction of sp³-hybridized carbons (Fsp3) is 1.00. The third-order valence-electron chi connectivity index (χ3n) is 2.65. The van der Waals surface area contributed by atoms with Crippen LogP contribution in [0.1, 0.15) is 32.1 Å². The Morgan fingerprint density at radius 1 is 1.08 bits per heavy atom. The van der Waals surface area contributed by atoms with Gasteiger partial charge < -0.3 is 8.85 Å². The van der Waals surface area contributed by atoms with Crippen molar-refractivity contribution in [3.8, 4) is 0 Å². The Hall–Kier alpha value is 0.617. The summed E-state index contributed by atoms with van der Waals surface area (Å²) in [5, 5.41) is 0. The smallest absolute Gasteiger partial charge is 0.390 e. The molecule has 2 nitrogen and oxygen atoms in total. The molecule has 1 rings (SSSR count). The van der Waals surface area contributed by atoms with Crippen LogP contribution in [0.15, 0.2) is 0 Å². The predicted octanol–water partition coefficient (Wildman–Crippen LogP) is 2.95. The van der Waals surface area contributed by atoms with Gasteiger partial charge in [0.05, 0.1) is 0 Å². The van der Waals surface area contributed by atoms with Crippen molar-refractivity contribution < 1.29 is 8.85 Å². The Balaban J connectivity index is 2.51. The lowest BCUT2D eigenvalue weighted by molar-refractivity contribution is 0.245. The maximum Gasteiger partial charge on any atom is 0.416 e. The summed E-state index contributed by atoms with van der Waals surface area (Å²) >= 11 is 3.64. The minimum Gasteiger partial charge on any atom is -0.390 e. The van der Waals surface area contributed by atoms with Crippen LogP contribution in [0, 0.1) is 0 Å². The number of hydrogen-bond donors (Lipinski definition) is 0. The zero-order valence-corrected chi connectivity index (χ0v) is 10.4. The van der Waals surface area contributed by atoms with E-state index in [0.29, 0.717) is 5.54 Å². The summed E-state index contributed by atoms with van der Waals surface area (Å²) in [6, 6.07) is 0. The molecule has 0 aromatic carbocycles. The summed E-state index contributed by atoms with van der Waals surface area (Å²) in [4.78, 5) is 0. The van der Waals surface area contributed by atoms with E-state index < -0.39 is 7.18 Å². The second-order valence-electron chi connectivity index (χ2n) is 3.33. The Kier molecular flexibility index (Phi) is 4.23. The highest BCUT2D eigenvalue weighted by atomic mass is 79.9. The average Bonchev–Trinajstić information content (AvgIpc) is 2.18. The van der Waals surface area contributed by atoms with Gasteiger partial charge in [0.1, 0.15) is 0 Å². The van der Waals surface area contributed by atoms with Crippen molar-refractivity contribution in [2.24, 2.45) is 0 Å². The lowest BCUT2D eigenvalue weighted by Gasteiger charge is -2.32. The molecule has 12 heavy (non-hydrogen) atoms. The highest BCUT2D eigenvalue weighted by Crippen LogP contribution is 2.40. The highest BCUT2D eigenvalue weighted by molar-refractivity contribution is 9.25. The van der Waals surface area contributed by atoms with E-state index in [9.17, 15) is 0 Å². The maximum absolute atomic E-state index is 5.46. The first-order valence-corrected chi connectivity index (χ1v) is 8.67. The van der Waals surface area contributed by atoms with Gasteiger partial charge in [-0.1, -0.05) is 34.6 Å². The zero-order valence-electron chi connectivity index (χ0n) is 7.81. The van der Waals surface area contributed by atoms with Crippen LogP contribution in [-0.2, 0) is 8.85 Å². The van der Waals surface area contributed by atoms with Gasteiger partial charge in [0.2, 0.25) is 0 Å². The molecule has 1 aliphatic carbocycles. The van der Waals surface area contributed by atoms with Gasteiger partial charge in [0, 0.05) is 19.8 Å². The van der Waals surface area contributed by atoms with Crippen LogP contribution in [0.4, 0.5) is 0 Å². The molecule has 0 N–H and O–H groups in total.